The summed E-state index contributed by atoms with van der Waals surface area (Å²) in [4.78, 5) is 8.56. The first-order valence-corrected chi connectivity index (χ1v) is 0.651. The van der Waals surface area contributed by atoms with Crippen LogP contribution in [0.25, 0.3) is 0 Å². The Kier molecular flexibility index (Phi) is 51.6. The van der Waals surface area contributed by atoms with Gasteiger partial charge in [0.1, 0.15) is 0 Å². The average Bonchev–Trinajstić information content (AvgIpc) is 0.811. The molecule has 0 fully saturated rings. The number of carboxylic acid groups (broad SMARTS) is 2. The van der Waals surface area contributed by atoms with E-state index in [9.17, 15) is 0 Å². The van der Waals surface area contributed by atoms with Gasteiger partial charge in [-0.1, -0.05) is 0 Å². The third-order valence-electron chi connectivity index (χ3n) is 0. The third kappa shape index (κ3) is 71.6. The van der Waals surface area contributed by atoms with Gasteiger partial charge in [-0.25, -0.2) is 4.79 Å². The summed E-state index contributed by atoms with van der Waals surface area (Å²) in [5.41, 5.74) is 0. The van der Waals surface area contributed by atoms with Gasteiger partial charge in [0.25, 0.3) is 0 Å². The van der Waals surface area contributed by atoms with E-state index in [1.165, 1.54) is 0 Å². The molecule has 0 bridgehead atoms. The van der Waals surface area contributed by atoms with Crippen LogP contribution in [0, 0.1) is 0 Å². The Balaban J connectivity index is -0.00000000450. The second kappa shape index (κ2) is 15.7. The van der Waals surface area contributed by atoms with Crippen LogP contribution >= 0.6 is 0 Å². The maximum absolute atomic E-state index is 8.56. The third-order valence-corrected chi connectivity index (χ3v) is 0. The predicted octanol–water partition coefficient (Wildman–Crippen LogP) is -2.03. The van der Waals surface area contributed by atoms with Gasteiger partial charge >= 0.3 is 89.1 Å². The molecule has 0 saturated carbocycles. The van der Waals surface area contributed by atoms with Gasteiger partial charge in [0.05, 0.1) is 0 Å². The molecule has 0 rings (SSSR count). The van der Waals surface area contributed by atoms with E-state index >= 15 is 0 Å². The zero-order valence-corrected chi connectivity index (χ0v) is 14.6. The van der Waals surface area contributed by atoms with Gasteiger partial charge in [0.2, 0.25) is 0 Å². The first-order valence-electron chi connectivity index (χ1n) is 0.651. The Morgan fingerprint density at radius 2 is 1.43 bits per heavy atom. The van der Waals surface area contributed by atoms with Crippen LogP contribution in [-0.4, -0.2) is 99.4 Å². The fourth-order valence-corrected chi connectivity index (χ4v) is 0. The summed E-state index contributed by atoms with van der Waals surface area (Å²) in [6, 6.07) is 0. The molecule has 0 aromatic carbocycles. The van der Waals surface area contributed by atoms with Crippen LogP contribution in [0.4, 0.5) is 4.79 Å². The molecular weight excluding hydrogens is 382 g/mol. The van der Waals surface area contributed by atoms with Crippen molar-refractivity contribution in [1.29, 1.82) is 0 Å². The summed E-state index contributed by atoms with van der Waals surface area (Å²) in [6.07, 6.45) is -1.83. The molecular formula is CH9AsCaO3Pb. The first kappa shape index (κ1) is 23.0. The minimum atomic E-state index is -1.83. The molecule has 2 N–H and O–H groups in total. The van der Waals surface area contributed by atoms with Crippen molar-refractivity contribution >= 4 is 89.1 Å². The molecule has 0 aliphatic heterocycles. The van der Waals surface area contributed by atoms with E-state index in [2.05, 4.69) is 0 Å². The molecule has 2 radical (unpaired) electrons. The number of hydrogen-bond donors (Lipinski definition) is 2. The Labute approximate surface area is 105 Å². The standard InChI is InChI=1S/CH2O3.AsH3.Ca.Pb.4H/c2-1(3)4;;;;;;;/h(H2,2,3,4);1H3;;;;;;/q;;+2;;;;2*-1. The predicted molar refractivity (Wildman–Crippen MR) is 37.1 cm³/mol. The fraction of sp³-hybridized carbons (Fsp3) is 0. The molecule has 0 amide bonds. The van der Waals surface area contributed by atoms with E-state index < -0.39 is 6.16 Å². The number of rotatable bonds is 0. The van der Waals surface area contributed by atoms with E-state index in [0.717, 1.165) is 0 Å². The summed E-state index contributed by atoms with van der Waals surface area (Å²) < 4.78 is 0. The first-order chi connectivity index (χ1) is 1.73. The topological polar surface area (TPSA) is 57.5 Å². The SMILES string of the molecule is O=C(O)O.[AsH3].[Ca+2].[H-].[H-].[PbH2]. The summed E-state index contributed by atoms with van der Waals surface area (Å²) in [7, 11) is 0. The maximum atomic E-state index is 8.56. The van der Waals surface area contributed by atoms with Crippen molar-refractivity contribution in [2.24, 2.45) is 0 Å². The van der Waals surface area contributed by atoms with Crippen LogP contribution in [0.15, 0.2) is 0 Å². The quantitative estimate of drug-likeness (QED) is 0.469. The number of carbonyl (C=O) groups is 1. The fourth-order valence-electron chi connectivity index (χ4n) is 0. The Morgan fingerprint density at radius 1 is 1.43 bits per heavy atom. The zero-order chi connectivity index (χ0) is 3.58. The average molecular weight is 391 g/mol. The van der Waals surface area contributed by atoms with Crippen LogP contribution in [0.2, 0.25) is 0 Å². The van der Waals surface area contributed by atoms with Crippen LogP contribution in [0.5, 0.6) is 0 Å². The molecule has 0 aromatic rings. The van der Waals surface area contributed by atoms with Crippen LogP contribution in [-0.2, 0) is 0 Å². The van der Waals surface area contributed by atoms with E-state index in [0.29, 0.717) is 0 Å². The van der Waals surface area contributed by atoms with E-state index in [4.69, 9.17) is 15.0 Å². The van der Waals surface area contributed by atoms with Crippen molar-refractivity contribution in [3.63, 3.8) is 0 Å². The molecule has 3 nitrogen and oxygen atoms in total. The van der Waals surface area contributed by atoms with Crippen LogP contribution in [0.3, 0.4) is 0 Å². The van der Waals surface area contributed by atoms with E-state index in [1.54, 1.807) is 0 Å². The van der Waals surface area contributed by atoms with Gasteiger partial charge in [0.15, 0.2) is 0 Å². The van der Waals surface area contributed by atoms with Crippen molar-refractivity contribution in [1.82, 2.24) is 0 Å². The minimum absolute atomic E-state index is 0. The zero-order valence-electron chi connectivity index (χ0n) is 5.92. The van der Waals surface area contributed by atoms with Crippen LogP contribution < -0.4 is 0 Å². The molecule has 1 atom stereocenters. The molecule has 42 valence electrons. The van der Waals surface area contributed by atoms with Gasteiger partial charge in [-0.05, 0) is 0 Å². The molecule has 7 heavy (non-hydrogen) atoms. The van der Waals surface area contributed by atoms with Crippen LogP contribution in [0.1, 0.15) is 2.85 Å². The van der Waals surface area contributed by atoms with Gasteiger partial charge in [-0.2, -0.15) is 0 Å². The van der Waals surface area contributed by atoms with Gasteiger partial charge in [-0.15, -0.1) is 0 Å². The molecule has 0 aliphatic carbocycles. The summed E-state index contributed by atoms with van der Waals surface area (Å²) in [6.45, 7) is 0. The molecule has 0 heterocycles. The van der Waals surface area contributed by atoms with Gasteiger partial charge in [0, 0.05) is 0 Å². The molecule has 0 spiro atoms. The van der Waals surface area contributed by atoms with E-state index in [1.807, 2.05) is 0 Å². The summed E-state index contributed by atoms with van der Waals surface area (Å²) in [5.74, 6) is 0. The second-order valence-electron chi connectivity index (χ2n) is 0.283. The Bertz CT molecular complexity index is 44.8. The van der Waals surface area contributed by atoms with Crippen molar-refractivity contribution in [3.05, 3.63) is 0 Å². The summed E-state index contributed by atoms with van der Waals surface area (Å²) in [5, 5.41) is 13.9. The molecule has 6 heteroatoms. The monoisotopic (exact) mass is 392 g/mol. The van der Waals surface area contributed by atoms with Crippen molar-refractivity contribution in [2.45, 2.75) is 0 Å². The number of hydrogen-bond acceptors (Lipinski definition) is 1. The Hall–Kier alpha value is 2.01. The van der Waals surface area contributed by atoms with E-state index in [-0.39, 0.29) is 85.8 Å². The Morgan fingerprint density at radius 3 is 1.43 bits per heavy atom. The van der Waals surface area contributed by atoms with Gasteiger partial charge in [-0.3, -0.25) is 0 Å². The molecule has 0 aliphatic rings. The van der Waals surface area contributed by atoms with Crippen molar-refractivity contribution in [2.75, 3.05) is 0 Å². The molecule has 0 aromatic heterocycles. The summed E-state index contributed by atoms with van der Waals surface area (Å²) >= 11 is 0. The normalized spacial score (nSPS) is 3.43. The van der Waals surface area contributed by atoms with Crippen molar-refractivity contribution < 1.29 is 17.9 Å². The second-order valence-corrected chi connectivity index (χ2v) is 0.283. The van der Waals surface area contributed by atoms with Crippen molar-refractivity contribution in [3.8, 4) is 0 Å². The van der Waals surface area contributed by atoms with Gasteiger partial charge < -0.3 is 13.1 Å². The molecule has 0 saturated heterocycles. The molecule has 1 unspecified atom stereocenters.